The molecule has 11 heteroatoms. The van der Waals surface area contributed by atoms with Crippen molar-refractivity contribution in [3.63, 3.8) is 0 Å². The van der Waals surface area contributed by atoms with Crippen LogP contribution in [0.1, 0.15) is 73.1 Å². The van der Waals surface area contributed by atoms with Gasteiger partial charge in [-0.2, -0.15) is 0 Å². The molecule has 2 aliphatic heterocycles. The largest absolute Gasteiger partial charge is 0.368 e. The van der Waals surface area contributed by atoms with Crippen molar-refractivity contribution < 1.29 is 23.9 Å². The summed E-state index contributed by atoms with van der Waals surface area (Å²) in [6.07, 6.45) is 2.88. The standard InChI is InChI=1S/C28H37N5O5S/c1-17(2)23-28-32-21(16-39-28)26(36)31-20(15-18-9-4-3-5-10-18)24(34)29-13-7-6-11-19(25(35)33-23)30-27(37)22-12-8-14-38-22/h3-5,9-10,16-17,19-20,22-23H,6-8,11-15H2,1-2H3,(H,29,34)(H,30,37)(H,31,36)(H,33,35)/t19-,20+,22+,23+/m0/s1. The van der Waals surface area contributed by atoms with Crippen LogP contribution in [0.4, 0.5) is 0 Å². The van der Waals surface area contributed by atoms with E-state index in [4.69, 9.17) is 4.74 Å². The second-order valence-electron chi connectivity index (χ2n) is 10.4. The lowest BCUT2D eigenvalue weighted by molar-refractivity contribution is -0.135. The summed E-state index contributed by atoms with van der Waals surface area (Å²) in [4.78, 5) is 56.9. The first-order valence-electron chi connectivity index (χ1n) is 13.6. The van der Waals surface area contributed by atoms with Gasteiger partial charge in [0.05, 0.1) is 6.04 Å². The molecule has 1 aromatic heterocycles. The van der Waals surface area contributed by atoms with E-state index in [1.54, 1.807) is 5.38 Å². The molecule has 4 atom stereocenters. The van der Waals surface area contributed by atoms with Gasteiger partial charge < -0.3 is 26.0 Å². The van der Waals surface area contributed by atoms with E-state index >= 15 is 0 Å². The Morgan fingerprint density at radius 3 is 2.59 bits per heavy atom. The number of benzene rings is 1. The molecule has 39 heavy (non-hydrogen) atoms. The number of aromatic nitrogens is 1. The number of amides is 4. The molecule has 2 bridgehead atoms. The lowest BCUT2D eigenvalue weighted by atomic mass is 10.0. The Labute approximate surface area is 232 Å². The molecule has 0 unspecified atom stereocenters. The molecule has 3 heterocycles. The molecule has 10 nitrogen and oxygen atoms in total. The van der Waals surface area contributed by atoms with Crippen molar-refractivity contribution >= 4 is 35.0 Å². The average molecular weight is 556 g/mol. The smallest absolute Gasteiger partial charge is 0.271 e. The molecule has 0 aliphatic carbocycles. The molecule has 1 fully saturated rings. The van der Waals surface area contributed by atoms with E-state index in [1.165, 1.54) is 11.3 Å². The van der Waals surface area contributed by atoms with Crippen LogP contribution in [-0.4, -0.2) is 60.0 Å². The van der Waals surface area contributed by atoms with Gasteiger partial charge in [0.2, 0.25) is 17.7 Å². The normalized spacial score (nSPS) is 25.1. The maximum atomic E-state index is 13.4. The van der Waals surface area contributed by atoms with Gasteiger partial charge in [-0.1, -0.05) is 44.2 Å². The zero-order valence-electron chi connectivity index (χ0n) is 22.4. The summed E-state index contributed by atoms with van der Waals surface area (Å²) in [7, 11) is 0. The van der Waals surface area contributed by atoms with E-state index < -0.39 is 30.1 Å². The summed E-state index contributed by atoms with van der Waals surface area (Å²) in [6.45, 7) is 4.84. The molecule has 0 spiro atoms. The van der Waals surface area contributed by atoms with Crippen molar-refractivity contribution in [2.45, 2.75) is 76.6 Å². The minimum absolute atomic E-state index is 0.0129. The van der Waals surface area contributed by atoms with Crippen LogP contribution in [0.25, 0.3) is 0 Å². The van der Waals surface area contributed by atoms with E-state index in [0.29, 0.717) is 50.3 Å². The fraction of sp³-hybridized carbons (Fsp3) is 0.536. The maximum absolute atomic E-state index is 13.4. The number of hydrogen-bond acceptors (Lipinski definition) is 7. The number of rotatable bonds is 5. The number of nitrogens with one attached hydrogen (secondary N) is 4. The van der Waals surface area contributed by atoms with Gasteiger partial charge in [0.25, 0.3) is 5.91 Å². The van der Waals surface area contributed by atoms with E-state index in [-0.39, 0.29) is 29.3 Å². The summed E-state index contributed by atoms with van der Waals surface area (Å²) in [5.74, 6) is -1.33. The van der Waals surface area contributed by atoms with Gasteiger partial charge in [0, 0.05) is 25.0 Å². The first-order valence-corrected chi connectivity index (χ1v) is 14.5. The molecular weight excluding hydrogens is 518 g/mol. The summed E-state index contributed by atoms with van der Waals surface area (Å²) in [5.41, 5.74) is 1.12. The Morgan fingerprint density at radius 2 is 1.87 bits per heavy atom. The molecule has 4 N–H and O–H groups in total. The van der Waals surface area contributed by atoms with Crippen molar-refractivity contribution in [2.75, 3.05) is 13.2 Å². The van der Waals surface area contributed by atoms with Crippen LogP contribution in [0, 0.1) is 5.92 Å². The highest BCUT2D eigenvalue weighted by atomic mass is 32.1. The van der Waals surface area contributed by atoms with Crippen molar-refractivity contribution in [2.24, 2.45) is 5.92 Å². The lowest BCUT2D eigenvalue weighted by Crippen LogP contribution is -2.51. The number of hydrogen-bond donors (Lipinski definition) is 4. The Balaban J connectivity index is 1.55. The highest BCUT2D eigenvalue weighted by Crippen LogP contribution is 2.26. The molecular formula is C28H37N5O5S. The third-order valence-electron chi connectivity index (χ3n) is 6.96. The third-order valence-corrected chi connectivity index (χ3v) is 7.89. The molecule has 1 saturated heterocycles. The number of ether oxygens (including phenoxy) is 1. The number of fused-ring (bicyclic) bond motifs is 2. The SMILES string of the molecule is CC(C)[C@H]1NC(=O)[C@@H](NC(=O)[C@H]2CCCO2)CCCCNC(=O)[C@@H](Cc2ccccc2)NC(=O)c2csc1n2. The summed E-state index contributed by atoms with van der Waals surface area (Å²) in [6, 6.07) is 7.57. The van der Waals surface area contributed by atoms with Gasteiger partial charge in [-0.3, -0.25) is 19.2 Å². The van der Waals surface area contributed by atoms with Gasteiger partial charge >= 0.3 is 0 Å². The highest BCUT2D eigenvalue weighted by molar-refractivity contribution is 7.09. The van der Waals surface area contributed by atoms with Crippen LogP contribution >= 0.6 is 11.3 Å². The van der Waals surface area contributed by atoms with Crippen molar-refractivity contribution in [3.05, 3.63) is 52.0 Å². The van der Waals surface area contributed by atoms with Gasteiger partial charge in [-0.15, -0.1) is 11.3 Å². The molecule has 1 aromatic carbocycles. The van der Waals surface area contributed by atoms with Crippen LogP contribution in [-0.2, 0) is 25.5 Å². The number of thiazole rings is 1. The van der Waals surface area contributed by atoms with E-state index in [1.807, 2.05) is 44.2 Å². The number of carbonyl (C=O) groups is 4. The monoisotopic (exact) mass is 555 g/mol. The fourth-order valence-electron chi connectivity index (χ4n) is 4.72. The first kappa shape index (κ1) is 28.7. The Hall–Kier alpha value is -3.31. The van der Waals surface area contributed by atoms with Gasteiger partial charge in [0.1, 0.15) is 28.9 Å². The van der Waals surface area contributed by atoms with Crippen molar-refractivity contribution in [1.29, 1.82) is 0 Å². The summed E-state index contributed by atoms with van der Waals surface area (Å²) >= 11 is 1.28. The molecule has 2 aromatic rings. The summed E-state index contributed by atoms with van der Waals surface area (Å²) < 4.78 is 5.50. The van der Waals surface area contributed by atoms with E-state index in [9.17, 15) is 19.2 Å². The Morgan fingerprint density at radius 1 is 1.08 bits per heavy atom. The maximum Gasteiger partial charge on any atom is 0.271 e. The minimum atomic E-state index is -0.767. The van der Waals surface area contributed by atoms with Gasteiger partial charge in [0.15, 0.2) is 0 Å². The van der Waals surface area contributed by atoms with Crippen LogP contribution in [0.2, 0.25) is 0 Å². The van der Waals surface area contributed by atoms with Crippen molar-refractivity contribution in [1.82, 2.24) is 26.3 Å². The third kappa shape index (κ3) is 7.86. The number of nitrogens with zero attached hydrogens (tertiary/aromatic N) is 1. The molecule has 4 amide bonds. The zero-order chi connectivity index (χ0) is 27.8. The Kier molecular flexibility index (Phi) is 10.0. The highest BCUT2D eigenvalue weighted by Gasteiger charge is 2.31. The minimum Gasteiger partial charge on any atom is -0.368 e. The molecule has 4 rings (SSSR count). The average Bonchev–Trinajstić information content (AvgIpc) is 3.63. The zero-order valence-corrected chi connectivity index (χ0v) is 23.2. The lowest BCUT2D eigenvalue weighted by Gasteiger charge is -2.25. The predicted octanol–water partition coefficient (Wildman–Crippen LogP) is 2.26. The second-order valence-corrected chi connectivity index (χ2v) is 11.3. The number of carbonyl (C=O) groups excluding carboxylic acids is 4. The summed E-state index contributed by atoms with van der Waals surface area (Å²) in [5, 5.41) is 13.9. The van der Waals surface area contributed by atoms with Gasteiger partial charge in [-0.05, 0) is 43.6 Å². The van der Waals surface area contributed by atoms with Crippen LogP contribution in [0.15, 0.2) is 35.7 Å². The van der Waals surface area contributed by atoms with Crippen LogP contribution in [0.3, 0.4) is 0 Å². The van der Waals surface area contributed by atoms with Gasteiger partial charge in [-0.25, -0.2) is 4.98 Å². The second kappa shape index (κ2) is 13.7. The van der Waals surface area contributed by atoms with E-state index in [2.05, 4.69) is 26.3 Å². The predicted molar refractivity (Wildman–Crippen MR) is 147 cm³/mol. The molecule has 0 saturated carbocycles. The quantitative estimate of drug-likeness (QED) is 0.447. The molecule has 2 aliphatic rings. The molecule has 0 radical (unpaired) electrons. The topological polar surface area (TPSA) is 139 Å². The molecule has 210 valence electrons. The van der Waals surface area contributed by atoms with E-state index in [0.717, 1.165) is 12.0 Å². The fourth-order valence-corrected chi connectivity index (χ4v) is 5.74. The Bertz CT molecular complexity index is 1150. The van der Waals surface area contributed by atoms with Crippen LogP contribution in [0.5, 0.6) is 0 Å². The first-order chi connectivity index (χ1) is 18.8. The van der Waals surface area contributed by atoms with Crippen LogP contribution < -0.4 is 21.3 Å². The van der Waals surface area contributed by atoms with Crippen molar-refractivity contribution in [3.8, 4) is 0 Å².